The van der Waals surface area contributed by atoms with E-state index in [1.165, 1.54) is 0 Å². The molecule has 2 rings (SSSR count). The van der Waals surface area contributed by atoms with Crippen molar-refractivity contribution in [3.63, 3.8) is 0 Å². The highest BCUT2D eigenvalue weighted by atomic mass is 19.4. The van der Waals surface area contributed by atoms with E-state index >= 15 is 0 Å². The molecule has 1 fully saturated rings. The van der Waals surface area contributed by atoms with Crippen molar-refractivity contribution in [3.8, 4) is 0 Å². The molecule has 1 aliphatic rings. The Bertz CT molecular complexity index is 490. The predicted octanol–water partition coefficient (Wildman–Crippen LogP) is 2.31. The van der Waals surface area contributed by atoms with Gasteiger partial charge in [-0.2, -0.15) is 13.2 Å². The van der Waals surface area contributed by atoms with Crippen molar-refractivity contribution in [1.82, 2.24) is 0 Å². The minimum absolute atomic E-state index is 0.0571. The van der Waals surface area contributed by atoms with Crippen LogP contribution in [0.4, 0.5) is 17.6 Å². The maximum Gasteiger partial charge on any atom is 0.416 e. The number of alkyl halides is 4. The molecule has 116 valence electrons. The number of halogens is 4. The van der Waals surface area contributed by atoms with Crippen LogP contribution < -0.4 is 0 Å². The maximum atomic E-state index is 12.9. The number of hydrogen-bond acceptors (Lipinski definition) is 4. The summed E-state index contributed by atoms with van der Waals surface area (Å²) in [5.74, 6) is -0.843. The minimum atomic E-state index is -4.48. The lowest BCUT2D eigenvalue weighted by molar-refractivity contribution is -0.137. The molecule has 0 bridgehead atoms. The number of benzene rings is 1. The van der Waals surface area contributed by atoms with Crippen LogP contribution in [0.1, 0.15) is 22.3 Å². The lowest BCUT2D eigenvalue weighted by atomic mass is 10.1. The normalized spacial score (nSPS) is 25.9. The van der Waals surface area contributed by atoms with E-state index in [9.17, 15) is 22.4 Å². The van der Waals surface area contributed by atoms with Crippen LogP contribution in [0, 0.1) is 0 Å². The number of carbonyl (C=O) groups excluding carboxylic acids is 1. The van der Waals surface area contributed by atoms with Gasteiger partial charge in [-0.1, -0.05) is 0 Å². The van der Waals surface area contributed by atoms with Gasteiger partial charge >= 0.3 is 12.1 Å². The van der Waals surface area contributed by atoms with Crippen LogP contribution in [-0.2, 0) is 15.7 Å². The zero-order valence-corrected chi connectivity index (χ0v) is 10.6. The molecule has 0 saturated carbocycles. The molecule has 21 heavy (non-hydrogen) atoms. The summed E-state index contributed by atoms with van der Waals surface area (Å²) in [6, 6.07) is 3.52. The van der Waals surface area contributed by atoms with Crippen LogP contribution in [0.25, 0.3) is 0 Å². The number of rotatable bonds is 3. The van der Waals surface area contributed by atoms with Crippen LogP contribution >= 0.6 is 0 Å². The SMILES string of the molecule is O=C(OCC1C[C@H](F)C(O)O1)c1ccc(C(F)(F)F)cc1. The summed E-state index contributed by atoms with van der Waals surface area (Å²) in [6.07, 6.45) is -8.44. The predicted molar refractivity (Wildman–Crippen MR) is 62.1 cm³/mol. The van der Waals surface area contributed by atoms with E-state index in [0.717, 1.165) is 24.3 Å². The molecule has 0 amide bonds. The maximum absolute atomic E-state index is 12.9. The number of carbonyl (C=O) groups is 1. The van der Waals surface area contributed by atoms with Crippen molar-refractivity contribution in [2.24, 2.45) is 0 Å². The first kappa shape index (κ1) is 15.7. The van der Waals surface area contributed by atoms with Crippen LogP contribution in [0.5, 0.6) is 0 Å². The van der Waals surface area contributed by atoms with Gasteiger partial charge in [-0.15, -0.1) is 0 Å². The molecular weight excluding hydrogens is 296 g/mol. The Labute approximate surface area is 117 Å². The van der Waals surface area contributed by atoms with Crippen molar-refractivity contribution >= 4 is 5.97 Å². The topological polar surface area (TPSA) is 55.8 Å². The molecule has 8 heteroatoms. The molecule has 1 saturated heterocycles. The Balaban J connectivity index is 1.89. The van der Waals surface area contributed by atoms with Gasteiger partial charge < -0.3 is 14.6 Å². The zero-order valence-electron chi connectivity index (χ0n) is 10.6. The van der Waals surface area contributed by atoms with Crippen molar-refractivity contribution in [2.75, 3.05) is 6.61 Å². The molecule has 0 spiro atoms. The molecule has 2 unspecified atom stereocenters. The monoisotopic (exact) mass is 308 g/mol. The van der Waals surface area contributed by atoms with E-state index in [1.54, 1.807) is 0 Å². The molecule has 1 aromatic rings. The highest BCUT2D eigenvalue weighted by Crippen LogP contribution is 2.29. The Morgan fingerprint density at radius 3 is 2.43 bits per heavy atom. The van der Waals surface area contributed by atoms with Crippen molar-refractivity contribution in [3.05, 3.63) is 35.4 Å². The van der Waals surface area contributed by atoms with Crippen LogP contribution in [0.3, 0.4) is 0 Å². The van der Waals surface area contributed by atoms with Gasteiger partial charge in [0.2, 0.25) is 0 Å². The first-order valence-corrected chi connectivity index (χ1v) is 6.09. The smallest absolute Gasteiger partial charge is 0.416 e. The minimum Gasteiger partial charge on any atom is -0.459 e. The van der Waals surface area contributed by atoms with E-state index in [2.05, 4.69) is 0 Å². The van der Waals surface area contributed by atoms with Crippen LogP contribution in [0.15, 0.2) is 24.3 Å². The van der Waals surface area contributed by atoms with E-state index in [1.807, 2.05) is 0 Å². The summed E-state index contributed by atoms with van der Waals surface area (Å²) in [5, 5.41) is 9.01. The third-order valence-corrected chi connectivity index (χ3v) is 2.98. The zero-order chi connectivity index (χ0) is 15.6. The second-order valence-corrected chi connectivity index (χ2v) is 4.57. The Kier molecular flexibility index (Phi) is 4.48. The Morgan fingerprint density at radius 1 is 1.33 bits per heavy atom. The van der Waals surface area contributed by atoms with Gasteiger partial charge in [-0.25, -0.2) is 9.18 Å². The molecule has 3 atom stereocenters. The van der Waals surface area contributed by atoms with Gasteiger partial charge in [0.05, 0.1) is 17.2 Å². The second kappa shape index (κ2) is 5.98. The van der Waals surface area contributed by atoms with Crippen molar-refractivity contribution < 1.29 is 36.9 Å². The molecule has 0 aromatic heterocycles. The van der Waals surface area contributed by atoms with Gasteiger partial charge in [-0.3, -0.25) is 0 Å². The standard InChI is InChI=1S/C13H12F4O4/c14-10-5-9(21-12(10)19)6-20-11(18)7-1-3-8(4-2-7)13(15,16)17/h1-4,9-10,12,19H,5-6H2/t9?,10-,12?/m0/s1. The Morgan fingerprint density at radius 2 is 1.95 bits per heavy atom. The lowest BCUT2D eigenvalue weighted by Gasteiger charge is -2.11. The third kappa shape index (κ3) is 3.92. The molecule has 1 aromatic carbocycles. The van der Waals surface area contributed by atoms with E-state index in [4.69, 9.17) is 14.6 Å². The number of ether oxygens (including phenoxy) is 2. The first-order valence-electron chi connectivity index (χ1n) is 6.09. The molecule has 4 nitrogen and oxygen atoms in total. The van der Waals surface area contributed by atoms with Gasteiger partial charge in [0.1, 0.15) is 6.61 Å². The van der Waals surface area contributed by atoms with Crippen molar-refractivity contribution in [2.45, 2.75) is 31.2 Å². The largest absolute Gasteiger partial charge is 0.459 e. The molecule has 1 aliphatic heterocycles. The molecule has 1 heterocycles. The summed E-state index contributed by atoms with van der Waals surface area (Å²) in [4.78, 5) is 11.6. The molecule has 0 aliphatic carbocycles. The summed E-state index contributed by atoms with van der Waals surface area (Å²) in [7, 11) is 0. The van der Waals surface area contributed by atoms with E-state index < -0.39 is 36.3 Å². The first-order chi connectivity index (χ1) is 9.77. The number of aliphatic hydroxyl groups is 1. The summed E-state index contributed by atoms with van der Waals surface area (Å²) < 4.78 is 59.6. The summed E-state index contributed by atoms with van der Waals surface area (Å²) in [6.45, 7) is -0.280. The van der Waals surface area contributed by atoms with Gasteiger partial charge in [0, 0.05) is 6.42 Å². The highest BCUT2D eigenvalue weighted by Gasteiger charge is 2.34. The fourth-order valence-electron chi connectivity index (χ4n) is 1.86. The van der Waals surface area contributed by atoms with E-state index in [-0.39, 0.29) is 18.6 Å². The van der Waals surface area contributed by atoms with E-state index in [0.29, 0.717) is 0 Å². The second-order valence-electron chi connectivity index (χ2n) is 4.57. The number of hydrogen-bond donors (Lipinski definition) is 1. The highest BCUT2D eigenvalue weighted by molar-refractivity contribution is 5.89. The average molecular weight is 308 g/mol. The Hall–Kier alpha value is -1.67. The van der Waals surface area contributed by atoms with Gasteiger partial charge in [0.15, 0.2) is 12.5 Å². The molecule has 0 radical (unpaired) electrons. The molecule has 1 N–H and O–H groups in total. The summed E-state index contributed by atoms with van der Waals surface area (Å²) >= 11 is 0. The van der Waals surface area contributed by atoms with Gasteiger partial charge in [-0.05, 0) is 24.3 Å². The van der Waals surface area contributed by atoms with Crippen molar-refractivity contribution in [1.29, 1.82) is 0 Å². The lowest BCUT2D eigenvalue weighted by Crippen LogP contribution is -2.20. The summed E-state index contributed by atoms with van der Waals surface area (Å²) in [5.41, 5.74) is -0.931. The number of esters is 1. The van der Waals surface area contributed by atoms with Crippen LogP contribution in [0.2, 0.25) is 0 Å². The van der Waals surface area contributed by atoms with Gasteiger partial charge in [0.25, 0.3) is 0 Å². The average Bonchev–Trinajstić information content (AvgIpc) is 2.74. The molecular formula is C13H12F4O4. The van der Waals surface area contributed by atoms with Crippen LogP contribution in [-0.4, -0.2) is 36.2 Å². The fraction of sp³-hybridized carbons (Fsp3) is 0.462. The number of aliphatic hydroxyl groups excluding tert-OH is 1. The third-order valence-electron chi connectivity index (χ3n) is 2.98. The fourth-order valence-corrected chi connectivity index (χ4v) is 1.86. The quantitative estimate of drug-likeness (QED) is 0.688.